The summed E-state index contributed by atoms with van der Waals surface area (Å²) in [5.41, 5.74) is 0. The van der Waals surface area contributed by atoms with Crippen LogP contribution in [0.3, 0.4) is 0 Å². The van der Waals surface area contributed by atoms with E-state index in [4.69, 9.17) is 23.4 Å². The molecule has 0 N–H and O–H groups in total. The lowest BCUT2D eigenvalue weighted by molar-refractivity contribution is 0.819. The van der Waals surface area contributed by atoms with Crippen LogP contribution in [-0.4, -0.2) is 10.4 Å². The maximum absolute atomic E-state index is 5.69. The van der Waals surface area contributed by atoms with Gasteiger partial charge in [0.15, 0.2) is 0 Å². The molecule has 0 saturated carbocycles. The molecule has 0 bridgehead atoms. The quantitative estimate of drug-likeness (QED) is 0.418. The Kier molecular flexibility index (Phi) is 2.92. The number of hydrogen-bond acceptors (Lipinski definition) is 2. The molecule has 0 amide bonds. The van der Waals surface area contributed by atoms with Gasteiger partial charge in [-0.15, -0.1) is 0 Å². The summed E-state index contributed by atoms with van der Waals surface area (Å²) in [6.45, 7) is 0.598. The highest BCUT2D eigenvalue weighted by atomic mass is 35.5. The molecule has 9 heavy (non-hydrogen) atoms. The predicted octanol–water partition coefficient (Wildman–Crippen LogP) is 2.74. The molecule has 0 spiro atoms. The fraction of sp³-hybridized carbons (Fsp3) is 0.200. The summed E-state index contributed by atoms with van der Waals surface area (Å²) in [6, 6.07) is 0. The number of halogens is 2. The van der Waals surface area contributed by atoms with Gasteiger partial charge >= 0.3 is 0 Å². The van der Waals surface area contributed by atoms with E-state index in [1.807, 2.05) is 17.6 Å². The summed E-state index contributed by atoms with van der Waals surface area (Å²) in [4.78, 5) is 0. The van der Waals surface area contributed by atoms with E-state index in [0.29, 0.717) is 6.54 Å². The van der Waals surface area contributed by atoms with Gasteiger partial charge in [-0.05, 0) is 35.2 Å². The molecule has 0 aromatic heterocycles. The predicted molar refractivity (Wildman–Crippen MR) is 43.2 cm³/mol. The Morgan fingerprint density at radius 2 is 2.44 bits per heavy atom. The first kappa shape index (κ1) is 7.48. The van der Waals surface area contributed by atoms with E-state index in [0.717, 1.165) is 5.03 Å². The fourth-order valence-corrected chi connectivity index (χ4v) is 1.54. The Morgan fingerprint density at radius 1 is 1.67 bits per heavy atom. The van der Waals surface area contributed by atoms with Crippen LogP contribution in [0.2, 0.25) is 0 Å². The van der Waals surface area contributed by atoms with Crippen molar-refractivity contribution >= 4 is 35.3 Å². The van der Waals surface area contributed by atoms with Crippen LogP contribution in [0, 0.1) is 0 Å². The van der Waals surface area contributed by atoms with Gasteiger partial charge in [0.05, 0.1) is 6.54 Å². The third-order valence-electron chi connectivity index (χ3n) is 0.806. The van der Waals surface area contributed by atoms with Crippen molar-refractivity contribution in [2.75, 3.05) is 6.54 Å². The Bertz CT molecular complexity index is 155. The van der Waals surface area contributed by atoms with Crippen molar-refractivity contribution < 1.29 is 0 Å². The zero-order valence-corrected chi connectivity index (χ0v) is 6.88. The molecule has 1 aliphatic heterocycles. The molecule has 0 radical (unpaired) electrons. The van der Waals surface area contributed by atoms with E-state index in [1.54, 1.807) is 3.82 Å². The maximum atomic E-state index is 5.69. The zero-order chi connectivity index (χ0) is 6.69. The highest BCUT2D eigenvalue weighted by Gasteiger charge is 2.02. The molecular formula is C5H5Cl2NS. The van der Waals surface area contributed by atoms with Gasteiger partial charge in [-0.2, -0.15) is 3.82 Å². The average Bonchev–Trinajstić information content (AvgIpc) is 1.93. The highest BCUT2D eigenvalue weighted by Crippen LogP contribution is 2.21. The van der Waals surface area contributed by atoms with E-state index in [9.17, 15) is 0 Å². The lowest BCUT2D eigenvalue weighted by Crippen LogP contribution is -2.01. The maximum Gasteiger partial charge on any atom is 0.0614 e. The van der Waals surface area contributed by atoms with Gasteiger partial charge in [-0.25, -0.2) is 0 Å². The van der Waals surface area contributed by atoms with E-state index in [1.165, 1.54) is 11.9 Å². The molecule has 0 fully saturated rings. The van der Waals surface area contributed by atoms with E-state index >= 15 is 0 Å². The smallest absolute Gasteiger partial charge is 0.0614 e. The lowest BCUT2D eigenvalue weighted by Gasteiger charge is -2.04. The number of nitrogens with zero attached hydrogens (tertiary/aromatic N) is 1. The topological polar surface area (TPSA) is 3.24 Å². The molecule has 4 heteroatoms. The third kappa shape index (κ3) is 2.63. The van der Waals surface area contributed by atoms with Crippen LogP contribution < -0.4 is 0 Å². The molecule has 0 unspecified atom stereocenters. The van der Waals surface area contributed by atoms with Crippen molar-refractivity contribution in [2.24, 2.45) is 0 Å². The third-order valence-corrected chi connectivity index (χ3v) is 2.05. The van der Waals surface area contributed by atoms with Crippen LogP contribution in [-0.2, 0) is 0 Å². The van der Waals surface area contributed by atoms with Crippen molar-refractivity contribution in [3.8, 4) is 0 Å². The lowest BCUT2D eigenvalue weighted by atomic mass is 10.5. The Balaban J connectivity index is 2.58. The average molecular weight is 182 g/mol. The van der Waals surface area contributed by atoms with Crippen molar-refractivity contribution in [1.29, 1.82) is 0 Å². The standard InChI is InChI=1S/C5H5Cl2NS/c6-5-2-1-3-9-8(7)4-5/h1-3H,4H2. The number of hydrogen-bond donors (Lipinski definition) is 0. The minimum atomic E-state index is 0.598. The van der Waals surface area contributed by atoms with Crippen molar-refractivity contribution in [1.82, 2.24) is 3.82 Å². The first-order valence-electron chi connectivity index (χ1n) is 2.40. The minimum Gasteiger partial charge on any atom is -0.154 e. The number of allylic oxidation sites excluding steroid dienone is 2. The number of rotatable bonds is 0. The van der Waals surface area contributed by atoms with Crippen molar-refractivity contribution in [2.45, 2.75) is 0 Å². The first-order valence-corrected chi connectivity index (χ1v) is 3.95. The summed E-state index contributed by atoms with van der Waals surface area (Å²) in [7, 11) is 0. The normalized spacial score (nSPS) is 21.3. The van der Waals surface area contributed by atoms with E-state index < -0.39 is 0 Å². The van der Waals surface area contributed by atoms with Gasteiger partial charge < -0.3 is 0 Å². The van der Waals surface area contributed by atoms with Gasteiger partial charge in [0.1, 0.15) is 0 Å². The largest absolute Gasteiger partial charge is 0.154 e. The zero-order valence-electron chi connectivity index (χ0n) is 4.55. The van der Waals surface area contributed by atoms with Crippen LogP contribution in [0.15, 0.2) is 22.6 Å². The first-order chi connectivity index (χ1) is 4.29. The van der Waals surface area contributed by atoms with Gasteiger partial charge in [0.25, 0.3) is 0 Å². The summed E-state index contributed by atoms with van der Waals surface area (Å²) in [6.07, 6.45) is 3.70. The van der Waals surface area contributed by atoms with Crippen LogP contribution in [0.5, 0.6) is 0 Å². The molecule has 1 heterocycles. The van der Waals surface area contributed by atoms with E-state index in [2.05, 4.69) is 0 Å². The Hall–Kier alpha value is 0.370. The molecule has 0 aromatic rings. The van der Waals surface area contributed by atoms with Crippen molar-refractivity contribution in [3.63, 3.8) is 0 Å². The summed E-state index contributed by atoms with van der Waals surface area (Å²) < 4.78 is 1.54. The molecule has 0 aromatic carbocycles. The second-order valence-electron chi connectivity index (χ2n) is 1.52. The minimum absolute atomic E-state index is 0.598. The molecule has 1 aliphatic rings. The molecular weight excluding hydrogens is 177 g/mol. The molecule has 50 valence electrons. The highest BCUT2D eigenvalue weighted by molar-refractivity contribution is 8.00. The Labute approximate surface area is 68.6 Å². The molecule has 0 aliphatic carbocycles. The molecule has 0 atom stereocenters. The van der Waals surface area contributed by atoms with Gasteiger partial charge in [-0.3, -0.25) is 0 Å². The van der Waals surface area contributed by atoms with Crippen LogP contribution >= 0.6 is 35.3 Å². The van der Waals surface area contributed by atoms with Crippen LogP contribution in [0.4, 0.5) is 0 Å². The second-order valence-corrected chi connectivity index (χ2v) is 3.54. The summed E-state index contributed by atoms with van der Waals surface area (Å²) >= 11 is 12.7. The fourth-order valence-electron chi connectivity index (χ4n) is 0.454. The van der Waals surface area contributed by atoms with Crippen molar-refractivity contribution in [3.05, 3.63) is 22.6 Å². The molecule has 1 rings (SSSR count). The van der Waals surface area contributed by atoms with Gasteiger partial charge in [0, 0.05) is 5.03 Å². The van der Waals surface area contributed by atoms with Crippen LogP contribution in [0.1, 0.15) is 0 Å². The molecule has 1 nitrogen and oxygen atoms in total. The van der Waals surface area contributed by atoms with Gasteiger partial charge in [0.2, 0.25) is 0 Å². The summed E-state index contributed by atoms with van der Waals surface area (Å²) in [5, 5.41) is 2.63. The van der Waals surface area contributed by atoms with E-state index in [-0.39, 0.29) is 0 Å². The Morgan fingerprint density at radius 3 is 3.22 bits per heavy atom. The monoisotopic (exact) mass is 181 g/mol. The molecule has 0 saturated heterocycles. The van der Waals surface area contributed by atoms with Gasteiger partial charge in [-0.1, -0.05) is 17.7 Å². The summed E-state index contributed by atoms with van der Waals surface area (Å²) in [5.74, 6) is 0. The SMILES string of the molecule is ClC1=CC=CSN(Cl)C1. The van der Waals surface area contributed by atoms with Crippen LogP contribution in [0.25, 0.3) is 0 Å². The second kappa shape index (κ2) is 3.52.